The summed E-state index contributed by atoms with van der Waals surface area (Å²) in [5, 5.41) is 4.12. The molecule has 1 unspecified atom stereocenters. The molecule has 0 fully saturated rings. The van der Waals surface area contributed by atoms with Crippen LogP contribution in [0.4, 0.5) is 5.13 Å². The van der Waals surface area contributed by atoms with Crippen molar-refractivity contribution in [3.8, 4) is 0 Å². The molecule has 15 heavy (non-hydrogen) atoms. The Morgan fingerprint density at radius 2 is 2.20 bits per heavy atom. The first kappa shape index (κ1) is 12.4. The zero-order valence-corrected chi connectivity index (χ0v) is 10.4. The first-order valence-electron chi connectivity index (χ1n) is 5.50. The van der Waals surface area contributed by atoms with Gasteiger partial charge in [-0.15, -0.1) is 0 Å². The predicted molar refractivity (Wildman–Crippen MR) is 63.3 cm³/mol. The van der Waals surface area contributed by atoms with Crippen LogP contribution in [0.1, 0.15) is 45.5 Å². The third kappa shape index (κ3) is 3.76. The van der Waals surface area contributed by atoms with E-state index >= 15 is 0 Å². The van der Waals surface area contributed by atoms with Crippen LogP contribution in [0.3, 0.4) is 0 Å². The molecule has 0 bridgehead atoms. The molecule has 1 aromatic heterocycles. The Labute approximate surface area is 95.2 Å². The second-order valence-corrected chi connectivity index (χ2v) is 3.99. The molecule has 1 heterocycles. The van der Waals surface area contributed by atoms with Gasteiger partial charge in [0.2, 0.25) is 5.13 Å². The van der Waals surface area contributed by atoms with Gasteiger partial charge in [-0.1, -0.05) is 13.8 Å². The fourth-order valence-corrected chi connectivity index (χ4v) is 1.88. The molecule has 0 amide bonds. The van der Waals surface area contributed by atoms with Gasteiger partial charge in [-0.2, -0.15) is 4.37 Å². The van der Waals surface area contributed by atoms with Crippen molar-refractivity contribution in [3.63, 3.8) is 0 Å². The molecule has 0 saturated heterocycles. The van der Waals surface area contributed by atoms with E-state index in [1.807, 2.05) is 6.92 Å². The minimum absolute atomic E-state index is 0.0448. The number of nitrogens with zero attached hydrogens (tertiary/aromatic N) is 2. The van der Waals surface area contributed by atoms with E-state index in [9.17, 15) is 0 Å². The van der Waals surface area contributed by atoms with Crippen LogP contribution in [0.2, 0.25) is 0 Å². The average Bonchev–Trinajstić information content (AvgIpc) is 2.71. The SMILES string of the molecule is CCCNc1nc(C(CC)OCC)ns1. The molecule has 1 rings (SSSR count). The van der Waals surface area contributed by atoms with Crippen LogP contribution in [0.15, 0.2) is 0 Å². The summed E-state index contributed by atoms with van der Waals surface area (Å²) in [6, 6.07) is 0. The molecular formula is C10H19N3OS. The van der Waals surface area contributed by atoms with Gasteiger partial charge >= 0.3 is 0 Å². The summed E-state index contributed by atoms with van der Waals surface area (Å²) in [5.41, 5.74) is 0. The van der Waals surface area contributed by atoms with Gasteiger partial charge in [-0.3, -0.25) is 0 Å². The standard InChI is InChI=1S/C10H19N3OS/c1-4-7-11-10-12-9(13-15-10)8(5-2)14-6-3/h8H,4-7H2,1-3H3,(H,11,12,13). The molecule has 1 aromatic rings. The highest BCUT2D eigenvalue weighted by Crippen LogP contribution is 2.21. The Kier molecular flexibility index (Phi) is 5.57. The van der Waals surface area contributed by atoms with E-state index in [0.29, 0.717) is 6.61 Å². The normalized spacial score (nSPS) is 12.7. The summed E-state index contributed by atoms with van der Waals surface area (Å²) in [5.74, 6) is 0.808. The van der Waals surface area contributed by atoms with Crippen molar-refractivity contribution in [2.24, 2.45) is 0 Å². The molecule has 0 radical (unpaired) electrons. The van der Waals surface area contributed by atoms with E-state index in [-0.39, 0.29) is 6.10 Å². The Bertz CT molecular complexity index is 277. The molecule has 0 spiro atoms. The van der Waals surface area contributed by atoms with Crippen molar-refractivity contribution >= 4 is 16.7 Å². The van der Waals surface area contributed by atoms with Gasteiger partial charge in [0.15, 0.2) is 5.82 Å². The van der Waals surface area contributed by atoms with Crippen LogP contribution in [0.25, 0.3) is 0 Å². The minimum Gasteiger partial charge on any atom is -0.370 e. The molecule has 0 aliphatic heterocycles. The molecule has 0 aliphatic carbocycles. The second-order valence-electron chi connectivity index (χ2n) is 3.24. The largest absolute Gasteiger partial charge is 0.370 e. The Balaban J connectivity index is 2.56. The highest BCUT2D eigenvalue weighted by atomic mass is 32.1. The summed E-state index contributed by atoms with van der Waals surface area (Å²) < 4.78 is 9.85. The number of aromatic nitrogens is 2. The lowest BCUT2D eigenvalue weighted by Gasteiger charge is -2.10. The van der Waals surface area contributed by atoms with Crippen molar-refractivity contribution < 1.29 is 4.74 Å². The fraction of sp³-hybridized carbons (Fsp3) is 0.800. The zero-order chi connectivity index (χ0) is 11.1. The summed E-state index contributed by atoms with van der Waals surface area (Å²) in [6.45, 7) is 7.85. The van der Waals surface area contributed by atoms with E-state index in [0.717, 1.165) is 30.3 Å². The van der Waals surface area contributed by atoms with Crippen LogP contribution in [-0.4, -0.2) is 22.5 Å². The molecule has 1 N–H and O–H groups in total. The third-order valence-corrected chi connectivity index (χ3v) is 2.68. The van der Waals surface area contributed by atoms with Crippen LogP contribution in [0.5, 0.6) is 0 Å². The lowest BCUT2D eigenvalue weighted by Crippen LogP contribution is -2.05. The van der Waals surface area contributed by atoms with Gasteiger partial charge in [0.05, 0.1) is 0 Å². The van der Waals surface area contributed by atoms with Crippen LogP contribution in [-0.2, 0) is 4.74 Å². The summed E-state index contributed by atoms with van der Waals surface area (Å²) >= 11 is 1.41. The highest BCUT2D eigenvalue weighted by molar-refractivity contribution is 7.09. The Morgan fingerprint density at radius 1 is 1.40 bits per heavy atom. The van der Waals surface area contributed by atoms with Crippen LogP contribution >= 0.6 is 11.5 Å². The molecule has 0 aliphatic rings. The molecule has 5 heteroatoms. The number of hydrogen-bond donors (Lipinski definition) is 1. The van der Waals surface area contributed by atoms with Gasteiger partial charge in [0.25, 0.3) is 0 Å². The minimum atomic E-state index is 0.0448. The van der Waals surface area contributed by atoms with E-state index in [4.69, 9.17) is 4.74 Å². The third-order valence-electron chi connectivity index (χ3n) is 1.99. The van der Waals surface area contributed by atoms with Gasteiger partial charge in [-0.05, 0) is 19.8 Å². The van der Waals surface area contributed by atoms with Crippen molar-refractivity contribution in [1.29, 1.82) is 0 Å². The van der Waals surface area contributed by atoms with Gasteiger partial charge < -0.3 is 10.1 Å². The number of hydrogen-bond acceptors (Lipinski definition) is 5. The quantitative estimate of drug-likeness (QED) is 0.781. The molecule has 86 valence electrons. The Hall–Kier alpha value is -0.680. The van der Waals surface area contributed by atoms with E-state index < -0.39 is 0 Å². The highest BCUT2D eigenvalue weighted by Gasteiger charge is 2.14. The topological polar surface area (TPSA) is 47.0 Å². The summed E-state index contributed by atoms with van der Waals surface area (Å²) in [7, 11) is 0. The molecule has 4 nitrogen and oxygen atoms in total. The first-order chi connectivity index (χ1) is 7.31. The van der Waals surface area contributed by atoms with Crippen molar-refractivity contribution in [3.05, 3.63) is 5.82 Å². The van der Waals surface area contributed by atoms with E-state index in [2.05, 4.69) is 28.5 Å². The monoisotopic (exact) mass is 229 g/mol. The van der Waals surface area contributed by atoms with Crippen LogP contribution in [0, 0.1) is 0 Å². The number of ether oxygens (including phenoxy) is 1. The second kappa shape index (κ2) is 6.74. The lowest BCUT2D eigenvalue weighted by molar-refractivity contribution is 0.0544. The maximum absolute atomic E-state index is 5.55. The summed E-state index contributed by atoms with van der Waals surface area (Å²) in [4.78, 5) is 4.41. The van der Waals surface area contributed by atoms with Crippen molar-refractivity contribution in [2.75, 3.05) is 18.5 Å². The van der Waals surface area contributed by atoms with Gasteiger partial charge in [0.1, 0.15) is 6.10 Å². The number of rotatable bonds is 7. The average molecular weight is 229 g/mol. The smallest absolute Gasteiger partial charge is 0.202 e. The first-order valence-corrected chi connectivity index (χ1v) is 6.28. The van der Waals surface area contributed by atoms with Crippen molar-refractivity contribution in [2.45, 2.75) is 39.7 Å². The number of anilines is 1. The summed E-state index contributed by atoms with van der Waals surface area (Å²) in [6.07, 6.45) is 2.05. The lowest BCUT2D eigenvalue weighted by atomic mass is 10.2. The zero-order valence-electron chi connectivity index (χ0n) is 9.62. The van der Waals surface area contributed by atoms with E-state index in [1.54, 1.807) is 0 Å². The molecule has 0 saturated carbocycles. The van der Waals surface area contributed by atoms with Crippen LogP contribution < -0.4 is 5.32 Å². The molecule has 0 aromatic carbocycles. The molecule has 1 atom stereocenters. The Morgan fingerprint density at radius 3 is 2.80 bits per heavy atom. The number of nitrogens with one attached hydrogen (secondary N) is 1. The van der Waals surface area contributed by atoms with Crippen molar-refractivity contribution in [1.82, 2.24) is 9.36 Å². The maximum Gasteiger partial charge on any atom is 0.202 e. The van der Waals surface area contributed by atoms with Gasteiger partial charge in [0, 0.05) is 24.7 Å². The maximum atomic E-state index is 5.55. The fourth-order valence-electron chi connectivity index (χ4n) is 1.25. The van der Waals surface area contributed by atoms with Gasteiger partial charge in [-0.25, -0.2) is 4.98 Å². The molecular weight excluding hydrogens is 210 g/mol. The predicted octanol–water partition coefficient (Wildman–Crippen LogP) is 2.85. The van der Waals surface area contributed by atoms with E-state index in [1.165, 1.54) is 11.5 Å².